The first-order valence-corrected chi connectivity index (χ1v) is 5.72. The lowest BCUT2D eigenvalue weighted by molar-refractivity contribution is -0.0346. The number of nitrogens with zero attached hydrogens (tertiary/aromatic N) is 1. The highest BCUT2D eigenvalue weighted by Crippen LogP contribution is 2.36. The van der Waals surface area contributed by atoms with Crippen molar-refractivity contribution in [1.29, 1.82) is 0 Å². The third kappa shape index (κ3) is 1.34. The second-order valence-corrected chi connectivity index (χ2v) is 4.62. The molecule has 0 fully saturated rings. The summed E-state index contributed by atoms with van der Waals surface area (Å²) >= 11 is 0. The first kappa shape index (κ1) is 11.4. The Kier molecular flexibility index (Phi) is 2.30. The minimum atomic E-state index is -1.61. The van der Waals surface area contributed by atoms with Crippen molar-refractivity contribution in [2.75, 3.05) is 6.61 Å². The summed E-state index contributed by atoms with van der Waals surface area (Å²) < 4.78 is 15.4. The van der Waals surface area contributed by atoms with Crippen molar-refractivity contribution in [2.45, 2.75) is 18.6 Å². The second-order valence-electron chi connectivity index (χ2n) is 4.62. The second kappa shape index (κ2) is 3.63. The highest BCUT2D eigenvalue weighted by Gasteiger charge is 2.37. The van der Waals surface area contributed by atoms with Crippen LogP contribution in [0, 0.1) is 5.82 Å². The fourth-order valence-electron chi connectivity index (χ4n) is 2.61. The van der Waals surface area contributed by atoms with Crippen LogP contribution >= 0.6 is 0 Å². The van der Waals surface area contributed by atoms with E-state index < -0.39 is 18.0 Å². The Hall–Kier alpha value is -1.72. The Morgan fingerprint density at radius 2 is 2.06 bits per heavy atom. The van der Waals surface area contributed by atoms with Gasteiger partial charge in [0, 0.05) is 24.6 Å². The number of benzene rings is 1. The molecule has 0 radical (unpaired) electrons. The van der Waals surface area contributed by atoms with E-state index in [1.54, 1.807) is 12.1 Å². The molecule has 0 saturated heterocycles. The molecule has 0 saturated carbocycles. The van der Waals surface area contributed by atoms with Gasteiger partial charge in [-0.3, -0.25) is 4.79 Å². The van der Waals surface area contributed by atoms with Gasteiger partial charge < -0.3 is 14.8 Å². The number of aliphatic hydroxyl groups excluding tert-OH is 1. The van der Waals surface area contributed by atoms with Gasteiger partial charge in [0.2, 0.25) is 0 Å². The van der Waals surface area contributed by atoms with Crippen molar-refractivity contribution >= 4 is 10.9 Å². The molecule has 18 heavy (non-hydrogen) atoms. The van der Waals surface area contributed by atoms with E-state index in [-0.39, 0.29) is 24.1 Å². The Morgan fingerprint density at radius 1 is 1.33 bits per heavy atom. The number of aliphatic hydroxyl groups is 2. The zero-order chi connectivity index (χ0) is 12.9. The molecule has 2 aromatic rings. The average Bonchev–Trinajstić information content (AvgIpc) is 2.37. The largest absolute Gasteiger partial charge is 0.393 e. The normalized spacial score (nSPS) is 22.4. The fourth-order valence-corrected chi connectivity index (χ4v) is 2.61. The molecule has 0 aliphatic carbocycles. The van der Waals surface area contributed by atoms with Crippen molar-refractivity contribution < 1.29 is 14.6 Å². The van der Waals surface area contributed by atoms with E-state index in [4.69, 9.17) is 0 Å². The van der Waals surface area contributed by atoms with Crippen LogP contribution in [0.1, 0.15) is 12.0 Å². The lowest BCUT2D eigenvalue weighted by Gasteiger charge is -2.33. The Bertz CT molecular complexity index is 694. The van der Waals surface area contributed by atoms with E-state index in [0.717, 1.165) is 0 Å². The van der Waals surface area contributed by atoms with Crippen LogP contribution in [0.5, 0.6) is 0 Å². The highest BCUT2D eigenvalue weighted by atomic mass is 19.1. The summed E-state index contributed by atoms with van der Waals surface area (Å²) in [6.07, 6.45) is 0.121. The van der Waals surface area contributed by atoms with E-state index in [9.17, 15) is 19.4 Å². The van der Waals surface area contributed by atoms with Crippen LogP contribution in [0.4, 0.5) is 4.39 Å². The van der Waals surface area contributed by atoms with Crippen LogP contribution in [-0.2, 0) is 12.1 Å². The molecule has 2 heterocycles. The van der Waals surface area contributed by atoms with Crippen molar-refractivity contribution in [1.82, 2.24) is 4.57 Å². The van der Waals surface area contributed by atoms with Gasteiger partial charge in [-0.15, -0.1) is 0 Å². The maximum Gasteiger partial charge on any atom is 0.251 e. The van der Waals surface area contributed by atoms with Crippen molar-refractivity contribution in [3.63, 3.8) is 0 Å². The summed E-state index contributed by atoms with van der Waals surface area (Å²) in [6.45, 7) is -0.296. The first-order chi connectivity index (χ1) is 8.57. The number of pyridine rings is 1. The van der Waals surface area contributed by atoms with Crippen LogP contribution in [0.15, 0.2) is 29.1 Å². The molecule has 0 bridgehead atoms. The minimum absolute atomic E-state index is 0.0199. The molecular weight excluding hydrogens is 237 g/mol. The van der Waals surface area contributed by atoms with E-state index in [2.05, 4.69) is 0 Å². The molecule has 1 atom stereocenters. The molecule has 0 amide bonds. The van der Waals surface area contributed by atoms with Gasteiger partial charge in [-0.25, -0.2) is 4.39 Å². The standard InChI is InChI=1S/C13H12FNO3/c14-9-3-1-8-2-4-10(17)15-6-5-13(18,7-16)11(9)12(8)15/h1-4,16,18H,5-7H2. The SMILES string of the molecule is O=c1ccc2ccc(F)c3c2n1CCC3(O)CO. The van der Waals surface area contributed by atoms with Gasteiger partial charge in [0.05, 0.1) is 12.1 Å². The molecule has 1 aromatic heterocycles. The average molecular weight is 249 g/mol. The van der Waals surface area contributed by atoms with Gasteiger partial charge in [-0.05, 0) is 23.6 Å². The van der Waals surface area contributed by atoms with Gasteiger partial charge in [-0.1, -0.05) is 0 Å². The predicted octanol–water partition coefficient (Wildman–Crippen LogP) is 0.724. The van der Waals surface area contributed by atoms with Crippen LogP contribution in [0.3, 0.4) is 0 Å². The summed E-state index contributed by atoms with van der Waals surface area (Å²) in [5, 5.41) is 20.3. The van der Waals surface area contributed by atoms with Gasteiger partial charge in [-0.2, -0.15) is 0 Å². The van der Waals surface area contributed by atoms with E-state index in [1.807, 2.05) is 0 Å². The van der Waals surface area contributed by atoms with Crippen LogP contribution in [0.2, 0.25) is 0 Å². The molecule has 1 aliphatic heterocycles. The summed E-state index contributed by atoms with van der Waals surface area (Å²) in [5.74, 6) is -0.599. The summed E-state index contributed by atoms with van der Waals surface area (Å²) in [7, 11) is 0. The van der Waals surface area contributed by atoms with Gasteiger partial charge in [0.1, 0.15) is 11.4 Å². The fraction of sp³-hybridized carbons (Fsp3) is 0.308. The van der Waals surface area contributed by atoms with E-state index in [0.29, 0.717) is 10.9 Å². The lowest BCUT2D eigenvalue weighted by atomic mass is 9.86. The Balaban J connectivity index is 2.52. The van der Waals surface area contributed by atoms with Crippen LogP contribution in [0.25, 0.3) is 10.9 Å². The topological polar surface area (TPSA) is 62.5 Å². The number of aromatic nitrogens is 1. The van der Waals surface area contributed by atoms with Crippen LogP contribution < -0.4 is 5.56 Å². The van der Waals surface area contributed by atoms with Gasteiger partial charge in [0.15, 0.2) is 0 Å². The van der Waals surface area contributed by atoms with Crippen LogP contribution in [-0.4, -0.2) is 21.4 Å². The van der Waals surface area contributed by atoms with Gasteiger partial charge >= 0.3 is 0 Å². The number of hydrogen-bond acceptors (Lipinski definition) is 3. The Labute approximate surface area is 102 Å². The molecule has 3 rings (SSSR count). The number of rotatable bonds is 1. The quantitative estimate of drug-likeness (QED) is 0.783. The minimum Gasteiger partial charge on any atom is -0.393 e. The molecule has 1 unspecified atom stereocenters. The molecule has 1 aliphatic rings. The van der Waals surface area contributed by atoms with Crippen molar-refractivity contribution in [3.8, 4) is 0 Å². The summed E-state index contributed by atoms with van der Waals surface area (Å²) in [4.78, 5) is 11.8. The third-order valence-corrected chi connectivity index (χ3v) is 3.58. The van der Waals surface area contributed by atoms with Crippen molar-refractivity contribution in [3.05, 3.63) is 46.0 Å². The summed E-state index contributed by atoms with van der Waals surface area (Å²) in [6, 6.07) is 5.83. The van der Waals surface area contributed by atoms with E-state index >= 15 is 0 Å². The molecule has 5 heteroatoms. The monoisotopic (exact) mass is 249 g/mol. The van der Waals surface area contributed by atoms with Crippen molar-refractivity contribution in [2.24, 2.45) is 0 Å². The maximum atomic E-state index is 14.0. The zero-order valence-corrected chi connectivity index (χ0v) is 9.56. The number of halogens is 1. The molecular formula is C13H12FNO3. The lowest BCUT2D eigenvalue weighted by Crippen LogP contribution is -2.39. The molecule has 2 N–H and O–H groups in total. The van der Waals surface area contributed by atoms with Gasteiger partial charge in [0.25, 0.3) is 5.56 Å². The molecule has 1 aromatic carbocycles. The van der Waals surface area contributed by atoms with E-state index in [1.165, 1.54) is 16.7 Å². The molecule has 94 valence electrons. The highest BCUT2D eigenvalue weighted by molar-refractivity contribution is 5.84. The number of hydrogen-bond donors (Lipinski definition) is 2. The first-order valence-electron chi connectivity index (χ1n) is 5.72. The number of aryl methyl sites for hydroxylation is 1. The maximum absolute atomic E-state index is 14.0. The molecule has 4 nitrogen and oxygen atoms in total. The molecule has 0 spiro atoms. The zero-order valence-electron chi connectivity index (χ0n) is 9.56. The summed E-state index contributed by atoms with van der Waals surface area (Å²) in [5.41, 5.74) is -1.44. The smallest absolute Gasteiger partial charge is 0.251 e. The predicted molar refractivity (Wildman–Crippen MR) is 63.8 cm³/mol. The third-order valence-electron chi connectivity index (χ3n) is 3.58. The Morgan fingerprint density at radius 3 is 2.78 bits per heavy atom.